The lowest BCUT2D eigenvalue weighted by molar-refractivity contribution is 0.167. The molecule has 2 heteroatoms. The quantitative estimate of drug-likeness (QED) is 0.736. The van der Waals surface area contributed by atoms with Crippen LogP contribution in [-0.4, -0.2) is 29.0 Å². The average molecular weight is 204 g/mol. The van der Waals surface area contributed by atoms with Gasteiger partial charge in [-0.15, -0.1) is 0 Å². The first kappa shape index (κ1) is 10.6. The molecule has 2 nitrogen and oxygen atoms in total. The van der Waals surface area contributed by atoms with Gasteiger partial charge in [-0.3, -0.25) is 4.98 Å². The molecule has 0 N–H and O–H groups in total. The molecule has 1 atom stereocenters. The molecule has 0 bridgehead atoms. The van der Waals surface area contributed by atoms with Crippen LogP contribution in [0.15, 0.2) is 24.5 Å². The number of rotatable bonds is 2. The molecule has 0 radical (unpaired) electrons. The average Bonchev–Trinajstić information content (AvgIpc) is 2.30. The van der Waals surface area contributed by atoms with Crippen molar-refractivity contribution in [2.24, 2.45) is 0 Å². The van der Waals surface area contributed by atoms with E-state index < -0.39 is 0 Å². The van der Waals surface area contributed by atoms with Crippen LogP contribution in [0.1, 0.15) is 38.2 Å². The Hall–Kier alpha value is -0.890. The standard InChI is InChI=1S/C13H20N2/c1-11(2)15-9-3-4-13(10-15)12-5-7-14-8-6-12/h5-8,11,13H,3-4,9-10H2,1-2H3. The first-order chi connectivity index (χ1) is 7.27. The summed E-state index contributed by atoms with van der Waals surface area (Å²) in [7, 11) is 0. The molecular formula is C13H20N2. The van der Waals surface area contributed by atoms with Crippen LogP contribution in [0.3, 0.4) is 0 Å². The lowest BCUT2D eigenvalue weighted by atomic mass is 9.91. The minimum atomic E-state index is 0.676. The molecule has 2 rings (SSSR count). The summed E-state index contributed by atoms with van der Waals surface area (Å²) in [5, 5.41) is 0. The third-order valence-corrected chi connectivity index (χ3v) is 3.36. The topological polar surface area (TPSA) is 16.1 Å². The van der Waals surface area contributed by atoms with Crippen LogP contribution >= 0.6 is 0 Å². The van der Waals surface area contributed by atoms with Gasteiger partial charge in [-0.1, -0.05) is 0 Å². The van der Waals surface area contributed by atoms with E-state index in [4.69, 9.17) is 0 Å². The Balaban J connectivity index is 2.05. The Morgan fingerprint density at radius 3 is 2.73 bits per heavy atom. The Bertz CT molecular complexity index is 295. The number of hydrogen-bond donors (Lipinski definition) is 0. The Labute approximate surface area is 92.3 Å². The Kier molecular flexibility index (Phi) is 3.37. The first-order valence-corrected chi connectivity index (χ1v) is 5.91. The molecule has 1 saturated heterocycles. The molecule has 0 aliphatic carbocycles. The summed E-state index contributed by atoms with van der Waals surface area (Å²) in [6.07, 6.45) is 6.46. The van der Waals surface area contributed by atoms with Gasteiger partial charge < -0.3 is 4.90 Å². The van der Waals surface area contributed by atoms with Crippen molar-refractivity contribution in [2.75, 3.05) is 13.1 Å². The summed E-state index contributed by atoms with van der Waals surface area (Å²) in [5.41, 5.74) is 1.45. The number of pyridine rings is 1. The minimum Gasteiger partial charge on any atom is -0.300 e. The van der Waals surface area contributed by atoms with Crippen molar-refractivity contribution in [2.45, 2.75) is 38.6 Å². The summed E-state index contributed by atoms with van der Waals surface area (Å²) in [5.74, 6) is 0.712. The van der Waals surface area contributed by atoms with Gasteiger partial charge in [-0.25, -0.2) is 0 Å². The van der Waals surface area contributed by atoms with Crippen molar-refractivity contribution in [1.29, 1.82) is 0 Å². The van der Waals surface area contributed by atoms with Crippen LogP contribution in [-0.2, 0) is 0 Å². The highest BCUT2D eigenvalue weighted by Crippen LogP contribution is 2.27. The van der Waals surface area contributed by atoms with Crippen LogP contribution in [0.4, 0.5) is 0 Å². The maximum atomic E-state index is 4.08. The predicted molar refractivity (Wildman–Crippen MR) is 62.9 cm³/mol. The highest BCUT2D eigenvalue weighted by molar-refractivity contribution is 5.16. The molecule has 0 aromatic carbocycles. The molecule has 0 spiro atoms. The number of nitrogens with zero attached hydrogens (tertiary/aromatic N) is 2. The van der Waals surface area contributed by atoms with Crippen molar-refractivity contribution in [3.05, 3.63) is 30.1 Å². The van der Waals surface area contributed by atoms with Gasteiger partial charge in [0, 0.05) is 25.0 Å². The van der Waals surface area contributed by atoms with E-state index in [2.05, 4.69) is 35.9 Å². The third-order valence-electron chi connectivity index (χ3n) is 3.36. The van der Waals surface area contributed by atoms with Crippen LogP contribution in [0.2, 0.25) is 0 Å². The SMILES string of the molecule is CC(C)N1CCCC(c2ccncc2)C1. The molecule has 0 saturated carbocycles. The van der Waals surface area contributed by atoms with E-state index >= 15 is 0 Å². The van der Waals surface area contributed by atoms with Gasteiger partial charge in [0.25, 0.3) is 0 Å². The van der Waals surface area contributed by atoms with E-state index in [-0.39, 0.29) is 0 Å². The van der Waals surface area contributed by atoms with Crippen molar-refractivity contribution in [3.8, 4) is 0 Å². The summed E-state index contributed by atoms with van der Waals surface area (Å²) in [6, 6.07) is 5.00. The molecule has 1 fully saturated rings. The molecule has 0 amide bonds. The number of hydrogen-bond acceptors (Lipinski definition) is 2. The molecule has 82 valence electrons. The lowest BCUT2D eigenvalue weighted by Gasteiger charge is -2.35. The normalized spacial score (nSPS) is 23.3. The zero-order valence-electron chi connectivity index (χ0n) is 9.69. The van der Waals surface area contributed by atoms with Crippen LogP contribution < -0.4 is 0 Å². The first-order valence-electron chi connectivity index (χ1n) is 5.91. The van der Waals surface area contributed by atoms with E-state index in [0.29, 0.717) is 12.0 Å². The fraction of sp³-hybridized carbons (Fsp3) is 0.615. The summed E-state index contributed by atoms with van der Waals surface area (Å²) < 4.78 is 0. The molecule has 1 aromatic rings. The lowest BCUT2D eigenvalue weighted by Crippen LogP contribution is -2.39. The van der Waals surface area contributed by atoms with E-state index in [0.717, 1.165) is 0 Å². The van der Waals surface area contributed by atoms with E-state index in [9.17, 15) is 0 Å². The monoisotopic (exact) mass is 204 g/mol. The molecular weight excluding hydrogens is 184 g/mol. The molecule has 1 aliphatic heterocycles. The second-order valence-electron chi connectivity index (χ2n) is 4.71. The molecule has 1 aromatic heterocycles. The van der Waals surface area contributed by atoms with Crippen molar-refractivity contribution in [3.63, 3.8) is 0 Å². The van der Waals surface area contributed by atoms with Gasteiger partial charge in [-0.2, -0.15) is 0 Å². The van der Waals surface area contributed by atoms with Gasteiger partial charge in [-0.05, 0) is 56.8 Å². The second kappa shape index (κ2) is 4.75. The molecule has 1 aliphatic rings. The fourth-order valence-electron chi connectivity index (χ4n) is 2.38. The van der Waals surface area contributed by atoms with Crippen LogP contribution in [0.25, 0.3) is 0 Å². The molecule has 2 heterocycles. The van der Waals surface area contributed by atoms with Gasteiger partial charge in [0.2, 0.25) is 0 Å². The van der Waals surface area contributed by atoms with Gasteiger partial charge in [0.15, 0.2) is 0 Å². The fourth-order valence-corrected chi connectivity index (χ4v) is 2.38. The van der Waals surface area contributed by atoms with E-state index in [1.54, 1.807) is 0 Å². The highest BCUT2D eigenvalue weighted by atomic mass is 15.2. The van der Waals surface area contributed by atoms with Gasteiger partial charge >= 0.3 is 0 Å². The second-order valence-corrected chi connectivity index (χ2v) is 4.71. The smallest absolute Gasteiger partial charge is 0.0270 e. The zero-order chi connectivity index (χ0) is 10.7. The van der Waals surface area contributed by atoms with Crippen LogP contribution in [0, 0.1) is 0 Å². The maximum Gasteiger partial charge on any atom is 0.0270 e. The van der Waals surface area contributed by atoms with Crippen LogP contribution in [0.5, 0.6) is 0 Å². The third kappa shape index (κ3) is 2.57. The number of aromatic nitrogens is 1. The van der Waals surface area contributed by atoms with Crippen molar-refractivity contribution >= 4 is 0 Å². The van der Waals surface area contributed by atoms with Gasteiger partial charge in [0.05, 0.1) is 0 Å². The minimum absolute atomic E-state index is 0.676. The summed E-state index contributed by atoms with van der Waals surface area (Å²) in [6.45, 7) is 7.05. The Morgan fingerprint density at radius 2 is 2.07 bits per heavy atom. The Morgan fingerprint density at radius 1 is 1.33 bits per heavy atom. The summed E-state index contributed by atoms with van der Waals surface area (Å²) in [4.78, 5) is 6.66. The van der Waals surface area contributed by atoms with Crippen molar-refractivity contribution in [1.82, 2.24) is 9.88 Å². The highest BCUT2D eigenvalue weighted by Gasteiger charge is 2.22. The van der Waals surface area contributed by atoms with E-state index in [1.807, 2.05) is 12.4 Å². The van der Waals surface area contributed by atoms with Crippen molar-refractivity contribution < 1.29 is 0 Å². The molecule has 15 heavy (non-hydrogen) atoms. The maximum absolute atomic E-state index is 4.08. The zero-order valence-corrected chi connectivity index (χ0v) is 9.69. The predicted octanol–water partition coefficient (Wildman–Crippen LogP) is 2.67. The number of piperidine rings is 1. The van der Waals surface area contributed by atoms with E-state index in [1.165, 1.54) is 31.5 Å². The largest absolute Gasteiger partial charge is 0.300 e. The summed E-state index contributed by atoms with van der Waals surface area (Å²) >= 11 is 0. The molecule has 1 unspecified atom stereocenters. The number of likely N-dealkylation sites (tertiary alicyclic amines) is 1. The van der Waals surface area contributed by atoms with Gasteiger partial charge in [0.1, 0.15) is 0 Å².